The first-order valence-electron chi connectivity index (χ1n) is 17.0. The van der Waals surface area contributed by atoms with E-state index in [4.69, 9.17) is 54.1 Å². The Labute approximate surface area is 324 Å². The third-order valence-corrected chi connectivity index (χ3v) is 7.89. The molecular weight excluding hydrogens is 740 g/mol. The molecule has 2 aromatic rings. The maximum Gasteiger partial charge on any atom is 0.305 e. The second kappa shape index (κ2) is 22.2. The molecule has 18 heteroatoms. The molecule has 0 bridgehead atoms. The fourth-order valence-corrected chi connectivity index (χ4v) is 5.76. The van der Waals surface area contributed by atoms with Crippen LogP contribution in [0.5, 0.6) is 0 Å². The van der Waals surface area contributed by atoms with Crippen LogP contribution in [0.1, 0.15) is 60.1 Å². The lowest BCUT2D eigenvalue weighted by Crippen LogP contribution is -2.64. The predicted molar refractivity (Wildman–Crippen MR) is 192 cm³/mol. The van der Waals surface area contributed by atoms with Gasteiger partial charge in [-0.25, -0.2) is 0 Å². The van der Waals surface area contributed by atoms with Crippen molar-refractivity contribution in [3.05, 3.63) is 71.8 Å². The summed E-state index contributed by atoms with van der Waals surface area (Å²) in [6.07, 6.45) is -11.6. The minimum atomic E-state index is -1.49. The van der Waals surface area contributed by atoms with Crippen LogP contribution in [0, 0.1) is 0 Å². The Morgan fingerprint density at radius 1 is 0.500 bits per heavy atom. The molecule has 10 atom stereocenters. The number of carbonyl (C=O) groups excluding carboxylic acids is 7. The topological polar surface area (TPSA) is 255 Å². The molecule has 4 N–H and O–H groups in total. The molecule has 0 radical (unpaired) electrons. The van der Waals surface area contributed by atoms with Gasteiger partial charge in [0.05, 0.1) is 19.3 Å². The lowest BCUT2D eigenvalue weighted by molar-refractivity contribution is -0.295. The lowest BCUT2D eigenvalue weighted by Gasteiger charge is -2.43. The summed E-state index contributed by atoms with van der Waals surface area (Å²) in [4.78, 5) is 81.4. The van der Waals surface area contributed by atoms with Gasteiger partial charge in [0.1, 0.15) is 12.2 Å². The molecule has 2 fully saturated rings. The van der Waals surface area contributed by atoms with Crippen LogP contribution in [0.25, 0.3) is 0 Å². The van der Waals surface area contributed by atoms with E-state index in [0.29, 0.717) is 0 Å². The third-order valence-electron chi connectivity index (χ3n) is 7.89. The molecule has 0 aromatic heterocycles. The van der Waals surface area contributed by atoms with Crippen molar-refractivity contribution in [3.63, 3.8) is 0 Å². The summed E-state index contributed by atoms with van der Waals surface area (Å²) < 4.78 is 48.8. The van der Waals surface area contributed by atoms with E-state index in [1.54, 1.807) is 31.2 Å². The number of esters is 5. The van der Waals surface area contributed by atoms with Gasteiger partial charge in [-0.15, -0.1) is 0 Å². The molecule has 4 unspecified atom stereocenters. The summed E-state index contributed by atoms with van der Waals surface area (Å²) in [5, 5.41) is 0. The lowest BCUT2D eigenvalue weighted by atomic mass is 9.94. The summed E-state index contributed by atoms with van der Waals surface area (Å²) in [7, 11) is 0. The van der Waals surface area contributed by atoms with Gasteiger partial charge < -0.3 is 54.1 Å². The van der Waals surface area contributed by atoms with Crippen molar-refractivity contribution in [3.8, 4) is 0 Å². The number of amides is 2. The van der Waals surface area contributed by atoms with E-state index in [1.165, 1.54) is 13.8 Å². The van der Waals surface area contributed by atoms with Gasteiger partial charge in [-0.3, -0.25) is 33.6 Å². The maximum absolute atomic E-state index is 11.9. The van der Waals surface area contributed by atoms with Crippen LogP contribution < -0.4 is 11.5 Å². The third kappa shape index (κ3) is 14.0. The van der Waals surface area contributed by atoms with Gasteiger partial charge in [0.25, 0.3) is 11.8 Å². The fourth-order valence-electron chi connectivity index (χ4n) is 5.76. The summed E-state index contributed by atoms with van der Waals surface area (Å²) >= 11 is 0. The smallest absolute Gasteiger partial charge is 0.305 e. The minimum Gasteiger partial charge on any atom is -0.457 e. The molecule has 2 aliphatic rings. The largest absolute Gasteiger partial charge is 0.457 e. The first-order valence-corrected chi connectivity index (χ1v) is 17.0. The quantitative estimate of drug-likeness (QED) is 0.216. The predicted octanol–water partition coefficient (Wildman–Crippen LogP) is 1.55. The van der Waals surface area contributed by atoms with E-state index >= 15 is 0 Å². The van der Waals surface area contributed by atoms with Gasteiger partial charge in [-0.1, -0.05) is 68.1 Å². The molecule has 18 nitrogen and oxygen atoms in total. The van der Waals surface area contributed by atoms with Crippen LogP contribution in [0.4, 0.5) is 0 Å². The normalized spacial score (nSPS) is 26.7. The van der Waals surface area contributed by atoms with E-state index in [1.807, 2.05) is 36.4 Å². The zero-order chi connectivity index (χ0) is 40.8. The number of primary amides is 2. The zero-order valence-corrected chi connectivity index (χ0v) is 31.1. The fraction of sp³-hybridized carbons (Fsp3) is 0.500. The molecule has 2 amide bonds. The summed E-state index contributed by atoms with van der Waals surface area (Å²) in [5.41, 5.74) is 12.4. The van der Waals surface area contributed by atoms with Gasteiger partial charge >= 0.3 is 29.8 Å². The highest BCUT2D eigenvalue weighted by Crippen LogP contribution is 2.31. The van der Waals surface area contributed by atoms with Crippen molar-refractivity contribution in [1.29, 1.82) is 0 Å². The number of benzene rings is 2. The van der Waals surface area contributed by atoms with Crippen LogP contribution >= 0.6 is 0 Å². The molecule has 0 aliphatic carbocycles. The monoisotopic (exact) mass is 790 g/mol. The van der Waals surface area contributed by atoms with Crippen molar-refractivity contribution in [2.75, 3.05) is 0 Å². The highest BCUT2D eigenvalue weighted by Gasteiger charge is 2.54. The van der Waals surface area contributed by atoms with Gasteiger partial charge in [-0.05, 0) is 18.1 Å². The van der Waals surface area contributed by atoms with Crippen LogP contribution in [-0.2, 0) is 89.4 Å². The highest BCUT2D eigenvalue weighted by atomic mass is 16.7. The number of rotatable bonds is 13. The van der Waals surface area contributed by atoms with Crippen molar-refractivity contribution in [1.82, 2.24) is 0 Å². The summed E-state index contributed by atoms with van der Waals surface area (Å²) in [6.45, 7) is 7.66. The summed E-state index contributed by atoms with van der Waals surface area (Å²) in [6, 6.07) is 18.3. The van der Waals surface area contributed by atoms with Crippen LogP contribution in [0.3, 0.4) is 0 Å². The van der Waals surface area contributed by atoms with E-state index in [-0.39, 0.29) is 20.6 Å². The zero-order valence-electron chi connectivity index (χ0n) is 31.1. The molecule has 2 heterocycles. The molecule has 0 saturated carbocycles. The Kier molecular flexibility index (Phi) is 18.5. The molecule has 0 spiro atoms. The SMILES string of the molecule is C.CC(=O)OC1[C@H](C)OC(C(N)=O)[C@@H](OC(C)=O)[C@H]1OCc1ccccc1.CC(=O)OC1[C@H](OC(C)=O)OC(C(N)=O)[C@@H](OC(C)=O)[C@H]1OCc1ccccc1. The first-order chi connectivity index (χ1) is 26.0. The second-order valence-electron chi connectivity index (χ2n) is 12.4. The second-order valence-corrected chi connectivity index (χ2v) is 12.4. The average molecular weight is 791 g/mol. The van der Waals surface area contributed by atoms with Crippen LogP contribution in [-0.4, -0.2) is 103 Å². The van der Waals surface area contributed by atoms with Crippen molar-refractivity contribution in [2.24, 2.45) is 11.5 Å². The maximum atomic E-state index is 11.9. The van der Waals surface area contributed by atoms with Gasteiger partial charge in [0.15, 0.2) is 36.6 Å². The number of carbonyl (C=O) groups is 7. The van der Waals surface area contributed by atoms with Gasteiger partial charge in [-0.2, -0.15) is 0 Å². The van der Waals surface area contributed by atoms with Crippen molar-refractivity contribution in [2.45, 2.75) is 123 Å². The first kappa shape index (κ1) is 46.7. The molecular formula is C38H50N2O16. The Hall–Kier alpha value is -5.43. The Morgan fingerprint density at radius 2 is 0.839 bits per heavy atom. The Morgan fingerprint density at radius 3 is 1.21 bits per heavy atom. The highest BCUT2D eigenvalue weighted by molar-refractivity contribution is 5.81. The van der Waals surface area contributed by atoms with Gasteiger partial charge in [0.2, 0.25) is 6.29 Å². The Balaban J connectivity index is 0.000000382. The van der Waals surface area contributed by atoms with Crippen LogP contribution in [0.15, 0.2) is 60.7 Å². The molecule has 2 aliphatic heterocycles. The number of hydrogen-bond donors (Lipinski definition) is 2. The van der Waals surface area contributed by atoms with Crippen molar-refractivity contribution < 1.29 is 76.2 Å². The Bertz CT molecular complexity index is 1640. The van der Waals surface area contributed by atoms with Crippen molar-refractivity contribution >= 4 is 41.7 Å². The number of ether oxygens (including phenoxy) is 9. The van der Waals surface area contributed by atoms with E-state index in [2.05, 4.69) is 0 Å². The molecule has 2 aromatic carbocycles. The van der Waals surface area contributed by atoms with E-state index in [0.717, 1.165) is 31.9 Å². The molecule has 56 heavy (non-hydrogen) atoms. The molecule has 308 valence electrons. The molecule has 4 rings (SSSR count). The number of hydrogen-bond acceptors (Lipinski definition) is 16. The standard InChI is InChI=1S/C19H23NO9.C18H23NO7.CH4/c1-10(21)26-15-14(25-9-13-7-5-4-6-8-13)17(27-11(2)22)19(28-12(3)23)29-16(15)18(20)24;1-10-14(25-11(2)20)15(23-9-13-7-5-4-6-8-13)16(26-12(3)21)17(24-10)18(19)22;/h4-8,14-17,19H,9H2,1-3H3,(H2,20,24);4-8,10,14-17H,9H2,1-3H3,(H2,19,22);1H4/t14-,15+,16?,17?,19-;10-,14?,15-,16-,17?;/m10./s1. The van der Waals surface area contributed by atoms with Gasteiger partial charge in [0, 0.05) is 34.6 Å². The minimum absolute atomic E-state index is 0. The molecule has 2 saturated heterocycles. The average Bonchev–Trinajstić information content (AvgIpc) is 3.10. The van der Waals surface area contributed by atoms with E-state index in [9.17, 15) is 33.6 Å². The summed E-state index contributed by atoms with van der Waals surface area (Å²) in [5.74, 6) is -5.13. The van der Waals surface area contributed by atoms with E-state index < -0.39 is 103 Å². The van der Waals surface area contributed by atoms with Crippen LogP contribution in [0.2, 0.25) is 0 Å². The number of nitrogens with two attached hydrogens (primary N) is 2.